The Morgan fingerprint density at radius 1 is 0.471 bits per heavy atom. The van der Waals surface area contributed by atoms with Crippen molar-refractivity contribution in [3.63, 3.8) is 0 Å². The zero-order valence-electron chi connectivity index (χ0n) is 6.86. The van der Waals surface area contributed by atoms with E-state index in [-0.39, 0.29) is 89.3 Å². The molecule has 0 fully saturated rings. The van der Waals surface area contributed by atoms with E-state index in [0.717, 1.165) is 0 Å². The standard InChI is InChI=1S/Eu.Gd.3H2O4S/c;;3*1-5(2,3)4/h;;3*(H2,1,2,3,4)/q2*+3;;;/p-6. The molecule has 0 amide bonds. The van der Waals surface area contributed by atoms with Crippen LogP contribution >= 0.6 is 0 Å². The Kier molecular flexibility index (Phi) is 25.2. The maximum absolute atomic E-state index is 8.52. The van der Waals surface area contributed by atoms with E-state index in [2.05, 4.69) is 0 Å². The predicted molar refractivity (Wildman–Crippen MR) is 31.4 cm³/mol. The van der Waals surface area contributed by atoms with Crippen LogP contribution in [0.1, 0.15) is 0 Å². The van der Waals surface area contributed by atoms with Crippen LogP contribution in [0, 0.1) is 89.3 Å². The fourth-order valence-corrected chi connectivity index (χ4v) is 0. The van der Waals surface area contributed by atoms with Gasteiger partial charge in [-0.05, 0) is 0 Å². The van der Waals surface area contributed by atoms with E-state index in [4.69, 9.17) is 52.6 Å². The van der Waals surface area contributed by atoms with Crippen LogP contribution in [0.4, 0.5) is 0 Å². The van der Waals surface area contributed by atoms with Crippen molar-refractivity contribution in [3.05, 3.63) is 0 Å². The smallest absolute Gasteiger partial charge is 0.759 e. The zero-order chi connectivity index (χ0) is 13.5. The van der Waals surface area contributed by atoms with Crippen molar-refractivity contribution in [2.45, 2.75) is 0 Å². The Hall–Kier alpha value is 2.52. The van der Waals surface area contributed by atoms with Gasteiger partial charge in [-0.15, -0.1) is 0 Å². The van der Waals surface area contributed by atoms with E-state index in [1.54, 1.807) is 0 Å². The summed E-state index contributed by atoms with van der Waals surface area (Å²) in [7, 11) is -15.5. The summed E-state index contributed by atoms with van der Waals surface area (Å²) in [4.78, 5) is 0. The van der Waals surface area contributed by atoms with Crippen LogP contribution in [0.2, 0.25) is 0 Å². The third-order valence-electron chi connectivity index (χ3n) is 0. The first-order valence-corrected chi connectivity index (χ1v) is 6.00. The molecule has 17 heavy (non-hydrogen) atoms. The molecule has 0 bridgehead atoms. The van der Waals surface area contributed by atoms with Gasteiger partial charge in [0.25, 0.3) is 0 Å². The van der Waals surface area contributed by atoms with E-state index < -0.39 is 31.2 Å². The van der Waals surface area contributed by atoms with Crippen LogP contribution in [-0.4, -0.2) is 52.6 Å². The van der Waals surface area contributed by atoms with Gasteiger partial charge in [-0.2, -0.15) is 0 Å². The molecule has 0 unspecified atom stereocenters. The van der Waals surface area contributed by atoms with E-state index in [0.29, 0.717) is 0 Å². The molecule has 0 saturated carbocycles. The zero-order valence-corrected chi connectivity index (χ0v) is 14.0. The number of hydrogen-bond donors (Lipinski definition) is 0. The van der Waals surface area contributed by atoms with Crippen LogP contribution in [0.5, 0.6) is 0 Å². The molecule has 0 atom stereocenters. The molecular weight excluding hydrogens is 597 g/mol. The van der Waals surface area contributed by atoms with Crippen LogP contribution < -0.4 is 0 Å². The number of hydrogen-bond acceptors (Lipinski definition) is 12. The van der Waals surface area contributed by atoms with Crippen molar-refractivity contribution < 1.29 is 142 Å². The average molecular weight is 597 g/mol. The molecule has 0 aromatic heterocycles. The Bertz CT molecular complexity index is 343. The van der Waals surface area contributed by atoms with E-state index in [9.17, 15) is 0 Å². The van der Waals surface area contributed by atoms with Crippen LogP contribution in [0.3, 0.4) is 0 Å². The van der Waals surface area contributed by atoms with Gasteiger partial charge < -0.3 is 27.3 Å². The minimum atomic E-state index is -5.17. The van der Waals surface area contributed by atoms with Crippen molar-refractivity contribution >= 4 is 31.2 Å². The largest absolute Gasteiger partial charge is 3.00 e. The second kappa shape index (κ2) is 13.5. The van der Waals surface area contributed by atoms with Gasteiger partial charge in [0.15, 0.2) is 0 Å². The summed E-state index contributed by atoms with van der Waals surface area (Å²) in [6.45, 7) is 0. The molecule has 0 aliphatic carbocycles. The Morgan fingerprint density at radius 3 is 0.471 bits per heavy atom. The molecule has 0 N–H and O–H groups in total. The van der Waals surface area contributed by atoms with E-state index >= 15 is 0 Å². The first-order chi connectivity index (χ1) is 6.00. The molecule has 0 heterocycles. The predicted octanol–water partition coefficient (Wildman–Crippen LogP) is -4.01. The molecule has 0 spiro atoms. The van der Waals surface area contributed by atoms with Gasteiger partial charge in [-0.3, -0.25) is 25.3 Å². The third kappa shape index (κ3) is 796. The second-order valence-electron chi connectivity index (χ2n) is 1.22. The summed E-state index contributed by atoms with van der Waals surface area (Å²) in [5.74, 6) is 0. The summed E-state index contributed by atoms with van der Waals surface area (Å²) in [5.41, 5.74) is 0. The maximum Gasteiger partial charge on any atom is 3.00 e. The minimum Gasteiger partial charge on any atom is -0.759 e. The normalized spacial score (nSPS) is 10.2. The summed E-state index contributed by atoms with van der Waals surface area (Å²) in [6.07, 6.45) is 0. The Labute approximate surface area is 170 Å². The topological polar surface area (TPSA) is 241 Å². The van der Waals surface area contributed by atoms with Gasteiger partial charge in [-0.25, -0.2) is 0 Å². The van der Waals surface area contributed by atoms with Crippen LogP contribution in [0.15, 0.2) is 0 Å². The van der Waals surface area contributed by atoms with Gasteiger partial charge >= 0.3 is 89.3 Å². The fraction of sp³-hybridized carbons (Fsp3) is 0. The molecule has 0 rings (SSSR count). The molecular formula is EuGdO12S3. The molecule has 0 aromatic carbocycles. The Balaban J connectivity index is -0.0000000400. The molecule has 105 valence electrons. The van der Waals surface area contributed by atoms with Gasteiger partial charge in [-0.1, -0.05) is 0 Å². The molecule has 0 aliphatic heterocycles. The molecule has 0 aromatic rings. The van der Waals surface area contributed by atoms with Crippen LogP contribution in [-0.2, 0) is 31.2 Å². The van der Waals surface area contributed by atoms with Crippen molar-refractivity contribution in [1.82, 2.24) is 0 Å². The third-order valence-corrected chi connectivity index (χ3v) is 0. The molecule has 12 nitrogen and oxygen atoms in total. The van der Waals surface area contributed by atoms with E-state index in [1.165, 1.54) is 0 Å². The summed E-state index contributed by atoms with van der Waals surface area (Å²) >= 11 is 0. The van der Waals surface area contributed by atoms with Gasteiger partial charge in [0.05, 0.1) is 0 Å². The monoisotopic (exact) mass is 599 g/mol. The Morgan fingerprint density at radius 2 is 0.471 bits per heavy atom. The van der Waals surface area contributed by atoms with Gasteiger partial charge in [0.1, 0.15) is 0 Å². The maximum atomic E-state index is 8.52. The molecule has 1 radical (unpaired) electrons. The summed E-state index contributed by atoms with van der Waals surface area (Å²) in [6, 6.07) is 0. The fourth-order valence-electron chi connectivity index (χ4n) is 0. The van der Waals surface area contributed by atoms with Gasteiger partial charge in [0.2, 0.25) is 0 Å². The van der Waals surface area contributed by atoms with Gasteiger partial charge in [0, 0.05) is 31.2 Å². The first kappa shape index (κ1) is 31.8. The van der Waals surface area contributed by atoms with Crippen LogP contribution in [0.25, 0.3) is 0 Å². The second-order valence-corrected chi connectivity index (χ2v) is 3.67. The van der Waals surface area contributed by atoms with Crippen molar-refractivity contribution in [2.75, 3.05) is 0 Å². The number of rotatable bonds is 0. The van der Waals surface area contributed by atoms with Crippen molar-refractivity contribution in [2.24, 2.45) is 0 Å². The van der Waals surface area contributed by atoms with E-state index in [1.807, 2.05) is 0 Å². The van der Waals surface area contributed by atoms with Crippen molar-refractivity contribution in [1.29, 1.82) is 0 Å². The first-order valence-electron chi connectivity index (χ1n) is 2.00. The quantitative estimate of drug-likeness (QED) is 0.192. The van der Waals surface area contributed by atoms with Crippen molar-refractivity contribution in [3.8, 4) is 0 Å². The minimum absolute atomic E-state index is 0. The average Bonchev–Trinajstić information content (AvgIpc) is 1.41. The molecule has 0 aliphatic rings. The molecule has 17 heteroatoms. The summed E-state index contributed by atoms with van der Waals surface area (Å²) in [5, 5.41) is 0. The molecule has 0 saturated heterocycles. The summed E-state index contributed by atoms with van der Waals surface area (Å²) < 4.78 is 102. The SMILES string of the molecule is O=S(=O)([O-])[O-].O=S(=O)([O-])[O-].O=S(=O)([O-])[O-].[Eu+3].[Gd+3].